The fraction of sp³-hybridized carbons (Fsp3) is 0.133. The van der Waals surface area contributed by atoms with Gasteiger partial charge < -0.3 is 10.4 Å². The summed E-state index contributed by atoms with van der Waals surface area (Å²) in [5.41, 5.74) is 1.70. The summed E-state index contributed by atoms with van der Waals surface area (Å²) in [6, 6.07) is 7.05. The number of benzene rings is 1. The first-order chi connectivity index (χ1) is 9.95. The van der Waals surface area contributed by atoms with Crippen LogP contribution in [-0.2, 0) is 11.2 Å². The molecule has 0 atom stereocenters. The zero-order valence-corrected chi connectivity index (χ0v) is 11.3. The maximum Gasteiger partial charge on any atom is 0.309 e. The normalized spacial score (nSPS) is 10.2. The second-order valence-corrected chi connectivity index (χ2v) is 4.52. The van der Waals surface area contributed by atoms with Crippen molar-refractivity contribution in [3.63, 3.8) is 0 Å². The Morgan fingerprint density at radius 1 is 1.29 bits per heavy atom. The van der Waals surface area contributed by atoms with E-state index in [1.165, 1.54) is 24.4 Å². The van der Waals surface area contributed by atoms with E-state index >= 15 is 0 Å². The van der Waals surface area contributed by atoms with Crippen LogP contribution in [-0.4, -0.2) is 22.0 Å². The highest BCUT2D eigenvalue weighted by Gasteiger charge is 2.11. The zero-order valence-electron chi connectivity index (χ0n) is 11.3. The summed E-state index contributed by atoms with van der Waals surface area (Å²) in [6.07, 6.45) is 1.18. The van der Waals surface area contributed by atoms with Crippen LogP contribution in [0.3, 0.4) is 0 Å². The summed E-state index contributed by atoms with van der Waals surface area (Å²) in [6.45, 7) is 1.71. The summed E-state index contributed by atoms with van der Waals surface area (Å²) in [4.78, 5) is 26.5. The Hall–Kier alpha value is -2.76. The minimum atomic E-state index is -0.977. The molecule has 6 heteroatoms. The summed E-state index contributed by atoms with van der Waals surface area (Å²) in [7, 11) is 0. The highest BCUT2D eigenvalue weighted by atomic mass is 19.1. The monoisotopic (exact) mass is 288 g/mol. The Morgan fingerprint density at radius 3 is 2.67 bits per heavy atom. The number of carboxylic acids is 1. The van der Waals surface area contributed by atoms with Crippen LogP contribution >= 0.6 is 0 Å². The first kappa shape index (κ1) is 14.6. The number of aryl methyl sites for hydroxylation is 1. The molecule has 1 heterocycles. The predicted molar refractivity (Wildman–Crippen MR) is 74.7 cm³/mol. The van der Waals surface area contributed by atoms with Crippen molar-refractivity contribution in [3.8, 4) is 0 Å². The van der Waals surface area contributed by atoms with Crippen molar-refractivity contribution in [2.45, 2.75) is 13.3 Å². The van der Waals surface area contributed by atoms with Gasteiger partial charge in [-0.15, -0.1) is 0 Å². The molecule has 0 aliphatic carbocycles. The number of anilines is 1. The largest absolute Gasteiger partial charge is 0.481 e. The second kappa shape index (κ2) is 6.13. The third-order valence-electron chi connectivity index (χ3n) is 2.86. The lowest BCUT2D eigenvalue weighted by atomic mass is 10.1. The van der Waals surface area contributed by atoms with E-state index in [1.54, 1.807) is 13.0 Å². The molecule has 0 aliphatic rings. The predicted octanol–water partition coefficient (Wildman–Crippen LogP) is 2.41. The van der Waals surface area contributed by atoms with Gasteiger partial charge in [0.05, 0.1) is 24.0 Å². The number of pyridine rings is 1. The van der Waals surface area contributed by atoms with Crippen molar-refractivity contribution in [3.05, 3.63) is 59.2 Å². The molecule has 0 spiro atoms. The summed E-state index contributed by atoms with van der Waals surface area (Å²) in [5.74, 6) is -1.91. The molecular formula is C15H13FN2O3. The minimum absolute atomic E-state index is 0.183. The van der Waals surface area contributed by atoms with Gasteiger partial charge in [-0.25, -0.2) is 4.39 Å². The molecular weight excluding hydrogens is 275 g/mol. The number of hydrogen-bond acceptors (Lipinski definition) is 3. The van der Waals surface area contributed by atoms with Crippen LogP contribution in [0.15, 0.2) is 36.5 Å². The van der Waals surface area contributed by atoms with Gasteiger partial charge in [0, 0.05) is 5.56 Å². The van der Waals surface area contributed by atoms with Gasteiger partial charge in [-0.2, -0.15) is 0 Å². The van der Waals surface area contributed by atoms with Crippen LogP contribution in [0.1, 0.15) is 21.6 Å². The summed E-state index contributed by atoms with van der Waals surface area (Å²) >= 11 is 0. The molecule has 1 aromatic heterocycles. The molecule has 0 aliphatic heterocycles. The minimum Gasteiger partial charge on any atom is -0.481 e. The molecule has 1 amide bonds. The average molecular weight is 288 g/mol. The Labute approximate surface area is 120 Å². The van der Waals surface area contributed by atoms with Crippen molar-refractivity contribution >= 4 is 17.6 Å². The van der Waals surface area contributed by atoms with E-state index in [1.807, 2.05) is 0 Å². The van der Waals surface area contributed by atoms with Gasteiger partial charge in [0.25, 0.3) is 5.91 Å². The van der Waals surface area contributed by atoms with Gasteiger partial charge in [-0.05, 0) is 36.8 Å². The van der Waals surface area contributed by atoms with E-state index < -0.39 is 17.7 Å². The van der Waals surface area contributed by atoms with Crippen LogP contribution in [0, 0.1) is 12.7 Å². The molecule has 2 rings (SSSR count). The molecule has 108 valence electrons. The molecule has 2 N–H and O–H groups in total. The number of amides is 1. The molecule has 0 fully saturated rings. The Balaban J connectivity index is 2.12. The molecule has 2 aromatic rings. The maximum absolute atomic E-state index is 13.2. The van der Waals surface area contributed by atoms with Crippen LogP contribution in [0.25, 0.3) is 0 Å². The van der Waals surface area contributed by atoms with Gasteiger partial charge in [-0.1, -0.05) is 6.07 Å². The first-order valence-electron chi connectivity index (χ1n) is 6.20. The molecule has 0 bridgehead atoms. The third-order valence-corrected chi connectivity index (χ3v) is 2.86. The van der Waals surface area contributed by atoms with Crippen molar-refractivity contribution < 1.29 is 19.1 Å². The number of aromatic nitrogens is 1. The van der Waals surface area contributed by atoms with E-state index in [4.69, 9.17) is 5.11 Å². The second-order valence-electron chi connectivity index (χ2n) is 4.52. The maximum atomic E-state index is 13.2. The third kappa shape index (κ3) is 3.85. The number of aliphatic carboxylic acids is 1. The van der Waals surface area contributed by atoms with E-state index in [-0.39, 0.29) is 12.0 Å². The lowest BCUT2D eigenvalue weighted by Crippen LogP contribution is -2.14. The number of carbonyl (C=O) groups excluding carboxylic acids is 1. The molecule has 0 unspecified atom stereocenters. The first-order valence-corrected chi connectivity index (χ1v) is 6.20. The fourth-order valence-corrected chi connectivity index (χ4v) is 1.80. The Bertz CT molecular complexity index is 684. The fourth-order valence-electron chi connectivity index (χ4n) is 1.80. The molecule has 0 radical (unpaired) electrons. The van der Waals surface area contributed by atoms with Crippen LogP contribution in [0.5, 0.6) is 0 Å². The van der Waals surface area contributed by atoms with E-state index in [2.05, 4.69) is 10.3 Å². The SMILES string of the molecule is Cc1ccc(F)cc1C(=O)Nc1ccc(CC(=O)O)nc1. The number of carboxylic acid groups (broad SMARTS) is 1. The highest BCUT2D eigenvalue weighted by Crippen LogP contribution is 2.14. The smallest absolute Gasteiger partial charge is 0.309 e. The highest BCUT2D eigenvalue weighted by molar-refractivity contribution is 6.05. The van der Waals surface area contributed by atoms with Gasteiger partial charge in [0.1, 0.15) is 5.82 Å². The summed E-state index contributed by atoms with van der Waals surface area (Å²) < 4.78 is 13.2. The van der Waals surface area contributed by atoms with Gasteiger partial charge >= 0.3 is 5.97 Å². The van der Waals surface area contributed by atoms with Crippen LogP contribution in [0.2, 0.25) is 0 Å². The number of carbonyl (C=O) groups is 2. The number of rotatable bonds is 4. The van der Waals surface area contributed by atoms with E-state index in [9.17, 15) is 14.0 Å². The lowest BCUT2D eigenvalue weighted by molar-refractivity contribution is -0.136. The number of nitrogens with one attached hydrogen (secondary N) is 1. The molecule has 0 saturated heterocycles. The van der Waals surface area contributed by atoms with Crippen molar-refractivity contribution in [1.82, 2.24) is 4.98 Å². The topological polar surface area (TPSA) is 79.3 Å². The molecule has 21 heavy (non-hydrogen) atoms. The van der Waals surface area contributed by atoms with Crippen molar-refractivity contribution in [2.24, 2.45) is 0 Å². The molecule has 1 aromatic carbocycles. The number of nitrogens with zero attached hydrogens (tertiary/aromatic N) is 1. The Morgan fingerprint density at radius 2 is 2.05 bits per heavy atom. The Kier molecular flexibility index (Phi) is 4.27. The quantitative estimate of drug-likeness (QED) is 0.905. The van der Waals surface area contributed by atoms with Crippen LogP contribution in [0.4, 0.5) is 10.1 Å². The zero-order chi connectivity index (χ0) is 15.4. The molecule has 0 saturated carbocycles. The standard InChI is InChI=1S/C15H13FN2O3/c1-9-2-3-10(16)6-13(9)15(21)18-12-5-4-11(17-8-12)7-14(19)20/h2-6,8H,7H2,1H3,(H,18,21)(H,19,20). The lowest BCUT2D eigenvalue weighted by Gasteiger charge is -2.08. The average Bonchev–Trinajstić information content (AvgIpc) is 2.43. The van der Waals surface area contributed by atoms with E-state index in [0.29, 0.717) is 16.9 Å². The molecule has 5 nitrogen and oxygen atoms in total. The van der Waals surface area contributed by atoms with Crippen LogP contribution < -0.4 is 5.32 Å². The van der Waals surface area contributed by atoms with Gasteiger partial charge in [0.15, 0.2) is 0 Å². The van der Waals surface area contributed by atoms with Gasteiger partial charge in [0.2, 0.25) is 0 Å². The van der Waals surface area contributed by atoms with E-state index in [0.717, 1.165) is 6.07 Å². The van der Waals surface area contributed by atoms with Crippen molar-refractivity contribution in [2.75, 3.05) is 5.32 Å². The number of halogens is 1. The van der Waals surface area contributed by atoms with Crippen molar-refractivity contribution in [1.29, 1.82) is 0 Å². The van der Waals surface area contributed by atoms with Gasteiger partial charge in [-0.3, -0.25) is 14.6 Å². The number of hydrogen-bond donors (Lipinski definition) is 2. The summed E-state index contributed by atoms with van der Waals surface area (Å²) in [5, 5.41) is 11.2.